The molecule has 0 aliphatic heterocycles. The molecule has 0 aliphatic rings. The van der Waals surface area contributed by atoms with Crippen LogP contribution in [0.1, 0.15) is 0 Å². The third-order valence-corrected chi connectivity index (χ3v) is 2.05. The lowest BCUT2D eigenvalue weighted by Gasteiger charge is -2.06. The smallest absolute Gasteiger partial charge is 0.411 e. The molecule has 0 fully saturated rings. The molecule has 1 aromatic rings. The van der Waals surface area contributed by atoms with E-state index in [9.17, 15) is 4.79 Å². The van der Waals surface area contributed by atoms with Gasteiger partial charge in [-0.15, -0.1) is 0 Å². The van der Waals surface area contributed by atoms with Crippen LogP contribution in [0.3, 0.4) is 0 Å². The summed E-state index contributed by atoms with van der Waals surface area (Å²) in [6.07, 6.45) is 0.891. The summed E-state index contributed by atoms with van der Waals surface area (Å²) in [4.78, 5) is 11.1. The Bertz CT molecular complexity index is 380. The molecule has 0 saturated carbocycles. The molecule has 0 heterocycles. The molecule has 3 nitrogen and oxygen atoms in total. The van der Waals surface area contributed by atoms with Crippen molar-refractivity contribution in [2.45, 2.75) is 0 Å². The molecule has 5 heteroatoms. The minimum absolute atomic E-state index is 0.150. The van der Waals surface area contributed by atoms with Gasteiger partial charge < -0.3 is 4.74 Å². The summed E-state index contributed by atoms with van der Waals surface area (Å²) < 4.78 is 4.72. The Labute approximate surface area is 97.6 Å². The molecule has 0 bridgehead atoms. The molecule has 1 N–H and O–H groups in total. The van der Waals surface area contributed by atoms with E-state index in [2.05, 4.69) is 11.9 Å². The lowest BCUT2D eigenvalue weighted by atomic mass is 10.3. The van der Waals surface area contributed by atoms with Gasteiger partial charge in [-0.05, 0) is 18.2 Å². The zero-order valence-electron chi connectivity index (χ0n) is 7.80. The van der Waals surface area contributed by atoms with Crippen LogP contribution in [0, 0.1) is 0 Å². The zero-order valence-corrected chi connectivity index (χ0v) is 9.31. The molecule has 0 aliphatic carbocycles. The van der Waals surface area contributed by atoms with Crippen molar-refractivity contribution >= 4 is 35.0 Å². The Balaban J connectivity index is 2.64. The predicted molar refractivity (Wildman–Crippen MR) is 61.6 cm³/mol. The van der Waals surface area contributed by atoms with E-state index < -0.39 is 6.09 Å². The van der Waals surface area contributed by atoms with Gasteiger partial charge in [-0.3, -0.25) is 5.32 Å². The van der Waals surface area contributed by atoms with Gasteiger partial charge in [0.15, 0.2) is 0 Å². The van der Waals surface area contributed by atoms with Gasteiger partial charge in [-0.25, -0.2) is 4.79 Å². The second-order valence-electron chi connectivity index (χ2n) is 2.64. The van der Waals surface area contributed by atoms with Crippen molar-refractivity contribution in [3.8, 4) is 0 Å². The average Bonchev–Trinajstić information content (AvgIpc) is 2.19. The van der Waals surface area contributed by atoms with Crippen molar-refractivity contribution in [2.75, 3.05) is 11.9 Å². The number of nitrogens with one attached hydrogen (secondary N) is 1. The lowest BCUT2D eigenvalue weighted by molar-refractivity contribution is 0.174. The summed E-state index contributed by atoms with van der Waals surface area (Å²) in [6.45, 7) is 3.57. The number of ether oxygens (including phenoxy) is 1. The van der Waals surface area contributed by atoms with Crippen molar-refractivity contribution in [2.24, 2.45) is 0 Å². The van der Waals surface area contributed by atoms with Crippen LogP contribution in [0.2, 0.25) is 10.0 Å². The fraction of sp³-hybridized carbons (Fsp3) is 0.100. The maximum Gasteiger partial charge on any atom is 0.411 e. The van der Waals surface area contributed by atoms with Crippen LogP contribution in [0.5, 0.6) is 0 Å². The predicted octanol–water partition coefficient (Wildman–Crippen LogP) is 3.73. The van der Waals surface area contributed by atoms with Crippen molar-refractivity contribution in [3.05, 3.63) is 40.9 Å². The Morgan fingerprint density at radius 3 is 2.87 bits per heavy atom. The summed E-state index contributed by atoms with van der Waals surface area (Å²) in [7, 11) is 0. The number of carbonyl (C=O) groups is 1. The largest absolute Gasteiger partial charge is 0.445 e. The number of hydrogen-bond acceptors (Lipinski definition) is 2. The van der Waals surface area contributed by atoms with E-state index >= 15 is 0 Å². The van der Waals surface area contributed by atoms with Crippen molar-refractivity contribution in [3.63, 3.8) is 0 Å². The van der Waals surface area contributed by atoms with E-state index in [0.29, 0.717) is 15.7 Å². The number of amides is 1. The standard InChI is InChI=1S/C10H9Cl2NO2/c1-2-5-15-10(14)13-9-4-3-7(11)6-8(9)12/h2-4,6H,1,5H2,(H,13,14). The normalized spacial score (nSPS) is 9.47. The Hall–Kier alpha value is -1.19. The molecule has 0 atom stereocenters. The van der Waals surface area contributed by atoms with Crippen molar-refractivity contribution in [1.29, 1.82) is 0 Å². The van der Waals surface area contributed by atoms with Gasteiger partial charge in [-0.1, -0.05) is 35.9 Å². The first-order valence-electron chi connectivity index (χ1n) is 4.13. The topological polar surface area (TPSA) is 38.3 Å². The van der Waals surface area contributed by atoms with Gasteiger partial charge in [0, 0.05) is 5.02 Å². The van der Waals surface area contributed by atoms with Gasteiger partial charge >= 0.3 is 6.09 Å². The van der Waals surface area contributed by atoms with E-state index in [1.54, 1.807) is 12.1 Å². The third kappa shape index (κ3) is 3.81. The van der Waals surface area contributed by atoms with Gasteiger partial charge in [0.05, 0.1) is 10.7 Å². The number of hydrogen-bond donors (Lipinski definition) is 1. The molecule has 0 saturated heterocycles. The number of anilines is 1. The van der Waals surface area contributed by atoms with Crippen LogP contribution in [-0.2, 0) is 4.74 Å². The van der Waals surface area contributed by atoms with Crippen LogP contribution >= 0.6 is 23.2 Å². The Morgan fingerprint density at radius 1 is 1.53 bits per heavy atom. The van der Waals surface area contributed by atoms with E-state index in [0.717, 1.165) is 0 Å². The maximum atomic E-state index is 11.1. The first-order chi connectivity index (χ1) is 7.13. The average molecular weight is 246 g/mol. The Morgan fingerprint density at radius 2 is 2.27 bits per heavy atom. The number of benzene rings is 1. The molecule has 1 amide bonds. The molecule has 1 rings (SSSR count). The molecular weight excluding hydrogens is 237 g/mol. The fourth-order valence-electron chi connectivity index (χ4n) is 0.872. The first-order valence-corrected chi connectivity index (χ1v) is 4.89. The fourth-order valence-corrected chi connectivity index (χ4v) is 1.33. The minimum Gasteiger partial charge on any atom is -0.445 e. The molecule has 80 valence electrons. The molecule has 0 aromatic heterocycles. The maximum absolute atomic E-state index is 11.1. The highest BCUT2D eigenvalue weighted by atomic mass is 35.5. The zero-order chi connectivity index (χ0) is 11.3. The first kappa shape index (κ1) is 11.9. The van der Waals surface area contributed by atoms with Crippen LogP contribution in [0.25, 0.3) is 0 Å². The monoisotopic (exact) mass is 245 g/mol. The second-order valence-corrected chi connectivity index (χ2v) is 3.48. The summed E-state index contributed by atoms with van der Waals surface area (Å²) in [5, 5.41) is 3.34. The quantitative estimate of drug-likeness (QED) is 0.825. The van der Waals surface area contributed by atoms with E-state index in [-0.39, 0.29) is 6.61 Å². The third-order valence-electron chi connectivity index (χ3n) is 1.50. The molecule has 0 unspecified atom stereocenters. The molecule has 15 heavy (non-hydrogen) atoms. The van der Waals surface area contributed by atoms with E-state index in [1.807, 2.05) is 0 Å². The van der Waals surface area contributed by atoms with Gasteiger partial charge in [0.25, 0.3) is 0 Å². The molecule has 0 spiro atoms. The van der Waals surface area contributed by atoms with Crippen LogP contribution in [-0.4, -0.2) is 12.7 Å². The van der Waals surface area contributed by atoms with Crippen LogP contribution in [0.4, 0.5) is 10.5 Å². The second kappa shape index (κ2) is 5.63. The summed E-state index contributed by atoms with van der Waals surface area (Å²) >= 11 is 11.5. The summed E-state index contributed by atoms with van der Waals surface area (Å²) in [6, 6.07) is 4.75. The van der Waals surface area contributed by atoms with Crippen LogP contribution < -0.4 is 5.32 Å². The van der Waals surface area contributed by atoms with Gasteiger partial charge in [0.2, 0.25) is 0 Å². The minimum atomic E-state index is -0.584. The van der Waals surface area contributed by atoms with Gasteiger partial charge in [0.1, 0.15) is 6.61 Å². The van der Waals surface area contributed by atoms with E-state index in [1.165, 1.54) is 12.1 Å². The molecule has 0 radical (unpaired) electrons. The van der Waals surface area contributed by atoms with E-state index in [4.69, 9.17) is 27.9 Å². The molecule has 1 aromatic carbocycles. The van der Waals surface area contributed by atoms with Crippen molar-refractivity contribution in [1.82, 2.24) is 0 Å². The summed E-state index contributed by atoms with van der Waals surface area (Å²) in [5.41, 5.74) is 0.454. The Kier molecular flexibility index (Phi) is 4.46. The highest BCUT2D eigenvalue weighted by Gasteiger charge is 2.05. The van der Waals surface area contributed by atoms with Gasteiger partial charge in [-0.2, -0.15) is 0 Å². The number of carbonyl (C=O) groups excluding carboxylic acids is 1. The lowest BCUT2D eigenvalue weighted by Crippen LogP contribution is -2.13. The molecular formula is C10H9Cl2NO2. The highest BCUT2D eigenvalue weighted by Crippen LogP contribution is 2.25. The van der Waals surface area contributed by atoms with Crippen LogP contribution in [0.15, 0.2) is 30.9 Å². The SMILES string of the molecule is C=CCOC(=O)Nc1ccc(Cl)cc1Cl. The number of halogens is 2. The van der Waals surface area contributed by atoms with Crippen molar-refractivity contribution < 1.29 is 9.53 Å². The number of rotatable bonds is 3. The highest BCUT2D eigenvalue weighted by molar-refractivity contribution is 6.36. The summed E-state index contributed by atoms with van der Waals surface area (Å²) in [5.74, 6) is 0.